The van der Waals surface area contributed by atoms with Crippen LogP contribution in [0.3, 0.4) is 0 Å². The minimum Gasteiger partial charge on any atom is -0.493 e. The first-order valence-corrected chi connectivity index (χ1v) is 9.31. The van der Waals surface area contributed by atoms with Crippen molar-refractivity contribution in [3.63, 3.8) is 0 Å². The summed E-state index contributed by atoms with van der Waals surface area (Å²) in [6.45, 7) is -0.234. The van der Waals surface area contributed by atoms with Gasteiger partial charge in [0, 0.05) is 23.1 Å². The van der Waals surface area contributed by atoms with Gasteiger partial charge in [-0.15, -0.1) is 0 Å². The number of ether oxygens (including phenoxy) is 2. The van der Waals surface area contributed by atoms with Crippen LogP contribution in [0.5, 0.6) is 11.5 Å². The van der Waals surface area contributed by atoms with Gasteiger partial charge in [-0.1, -0.05) is 18.2 Å². The summed E-state index contributed by atoms with van der Waals surface area (Å²) in [5.74, 6) is 0.366. The van der Waals surface area contributed by atoms with Crippen LogP contribution in [0.15, 0.2) is 72.8 Å². The lowest BCUT2D eigenvalue weighted by Crippen LogP contribution is -2.21. The second kappa shape index (κ2) is 10.3. The first-order valence-electron chi connectivity index (χ1n) is 9.31. The second-order valence-electron chi connectivity index (χ2n) is 6.34. The summed E-state index contributed by atoms with van der Waals surface area (Å²) in [5.41, 5.74) is 2.24. The van der Waals surface area contributed by atoms with Crippen LogP contribution in [-0.2, 0) is 4.79 Å². The molecule has 156 valence electrons. The number of benzene rings is 3. The van der Waals surface area contributed by atoms with Crippen molar-refractivity contribution in [1.82, 2.24) is 0 Å². The normalized spacial score (nSPS) is 9.81. The SMILES string of the molecule is COc1cc(C#N)ccc1OCC(=O)Nc1ccc(NC(=O)Nc2ccccc2)cc1. The molecule has 0 atom stereocenters. The average molecular weight is 416 g/mol. The molecule has 8 nitrogen and oxygen atoms in total. The van der Waals surface area contributed by atoms with Crippen molar-refractivity contribution < 1.29 is 19.1 Å². The standard InChI is InChI=1S/C23H20N4O4/c1-30-21-13-16(14-24)7-12-20(21)31-15-22(28)25-18-8-10-19(11-9-18)27-23(29)26-17-5-3-2-4-6-17/h2-13H,15H2,1H3,(H,25,28)(H2,26,27,29). The highest BCUT2D eigenvalue weighted by molar-refractivity contribution is 6.00. The summed E-state index contributed by atoms with van der Waals surface area (Å²) in [5, 5.41) is 17.1. The number of carbonyl (C=O) groups excluding carboxylic acids is 2. The van der Waals surface area contributed by atoms with Crippen LogP contribution in [-0.4, -0.2) is 25.7 Å². The van der Waals surface area contributed by atoms with Gasteiger partial charge in [-0.25, -0.2) is 4.79 Å². The fourth-order valence-electron chi connectivity index (χ4n) is 2.65. The number of hydrogen-bond acceptors (Lipinski definition) is 5. The van der Waals surface area contributed by atoms with E-state index in [1.54, 1.807) is 48.5 Å². The molecule has 0 heterocycles. The number of nitrogens with one attached hydrogen (secondary N) is 3. The van der Waals surface area contributed by atoms with Crippen molar-refractivity contribution in [2.24, 2.45) is 0 Å². The van der Waals surface area contributed by atoms with Crippen LogP contribution >= 0.6 is 0 Å². The Morgan fingerprint density at radius 2 is 1.45 bits per heavy atom. The second-order valence-corrected chi connectivity index (χ2v) is 6.34. The number of nitrogens with zero attached hydrogens (tertiary/aromatic N) is 1. The van der Waals surface area contributed by atoms with Crippen molar-refractivity contribution in [2.45, 2.75) is 0 Å². The lowest BCUT2D eigenvalue weighted by Gasteiger charge is -2.11. The van der Waals surface area contributed by atoms with E-state index >= 15 is 0 Å². The molecule has 0 bridgehead atoms. The molecule has 0 fully saturated rings. The number of methoxy groups -OCH3 is 1. The number of hydrogen-bond donors (Lipinski definition) is 3. The number of anilines is 3. The number of rotatable bonds is 7. The highest BCUT2D eigenvalue weighted by Crippen LogP contribution is 2.27. The molecule has 0 aliphatic heterocycles. The molecule has 0 aromatic heterocycles. The molecule has 0 aliphatic carbocycles. The van der Waals surface area contributed by atoms with Crippen LogP contribution in [0.1, 0.15) is 5.56 Å². The van der Waals surface area contributed by atoms with Gasteiger partial charge >= 0.3 is 6.03 Å². The van der Waals surface area contributed by atoms with Crippen molar-refractivity contribution in [3.8, 4) is 17.6 Å². The first-order chi connectivity index (χ1) is 15.1. The minimum absolute atomic E-state index is 0.234. The molecule has 3 N–H and O–H groups in total. The molecule has 3 aromatic carbocycles. The molecular formula is C23H20N4O4. The molecular weight excluding hydrogens is 396 g/mol. The third-order valence-electron chi connectivity index (χ3n) is 4.11. The molecule has 0 radical (unpaired) electrons. The average Bonchev–Trinajstić information content (AvgIpc) is 2.79. The maximum atomic E-state index is 12.2. The highest BCUT2D eigenvalue weighted by Gasteiger charge is 2.09. The van der Waals surface area contributed by atoms with Gasteiger partial charge in [-0.2, -0.15) is 5.26 Å². The van der Waals surface area contributed by atoms with Crippen LogP contribution in [0, 0.1) is 11.3 Å². The number of urea groups is 1. The van der Waals surface area contributed by atoms with E-state index in [2.05, 4.69) is 16.0 Å². The van der Waals surface area contributed by atoms with Crippen molar-refractivity contribution in [2.75, 3.05) is 29.7 Å². The minimum atomic E-state index is -0.368. The quantitative estimate of drug-likeness (QED) is 0.534. The summed E-state index contributed by atoms with van der Waals surface area (Å²) in [4.78, 5) is 24.2. The van der Waals surface area contributed by atoms with E-state index in [1.807, 2.05) is 24.3 Å². The zero-order valence-electron chi connectivity index (χ0n) is 16.7. The zero-order chi connectivity index (χ0) is 22.1. The third kappa shape index (κ3) is 6.24. The molecule has 3 aromatic rings. The summed E-state index contributed by atoms with van der Waals surface area (Å²) in [6.07, 6.45) is 0. The van der Waals surface area contributed by atoms with Crippen molar-refractivity contribution in [3.05, 3.63) is 78.4 Å². The monoisotopic (exact) mass is 416 g/mol. The van der Waals surface area contributed by atoms with Crippen molar-refractivity contribution >= 4 is 29.0 Å². The van der Waals surface area contributed by atoms with Gasteiger partial charge < -0.3 is 25.4 Å². The van der Waals surface area contributed by atoms with Crippen LogP contribution in [0.2, 0.25) is 0 Å². The molecule has 0 spiro atoms. The van der Waals surface area contributed by atoms with Gasteiger partial charge in [0.2, 0.25) is 0 Å². The van der Waals surface area contributed by atoms with Crippen LogP contribution in [0.25, 0.3) is 0 Å². The summed E-state index contributed by atoms with van der Waals surface area (Å²) < 4.78 is 10.7. The van der Waals surface area contributed by atoms with Gasteiger partial charge in [0.1, 0.15) is 0 Å². The Kier molecular flexibility index (Phi) is 7.06. The fourth-order valence-corrected chi connectivity index (χ4v) is 2.65. The Bertz CT molecular complexity index is 1090. The van der Waals surface area contributed by atoms with Crippen LogP contribution < -0.4 is 25.4 Å². The molecule has 31 heavy (non-hydrogen) atoms. The van der Waals surface area contributed by atoms with E-state index in [1.165, 1.54) is 13.2 Å². The van der Waals surface area contributed by atoms with E-state index in [0.717, 1.165) is 0 Å². The maximum Gasteiger partial charge on any atom is 0.323 e. The topological polar surface area (TPSA) is 112 Å². The largest absolute Gasteiger partial charge is 0.493 e. The molecule has 3 amide bonds. The fraction of sp³-hybridized carbons (Fsp3) is 0.0870. The van der Waals surface area contributed by atoms with Gasteiger partial charge in [0.05, 0.1) is 18.7 Å². The van der Waals surface area contributed by atoms with Crippen LogP contribution in [0.4, 0.5) is 21.9 Å². The van der Waals surface area contributed by atoms with Gasteiger partial charge in [0.15, 0.2) is 18.1 Å². The lowest BCUT2D eigenvalue weighted by atomic mass is 10.2. The number of carbonyl (C=O) groups is 2. The Balaban J connectivity index is 1.50. The Labute approximate surface area is 179 Å². The van der Waals surface area contributed by atoms with Gasteiger partial charge in [-0.3, -0.25) is 4.79 Å². The summed E-state index contributed by atoms with van der Waals surface area (Å²) >= 11 is 0. The smallest absolute Gasteiger partial charge is 0.323 e. The predicted octanol–water partition coefficient (Wildman–Crippen LogP) is 4.23. The molecule has 8 heteroatoms. The lowest BCUT2D eigenvalue weighted by molar-refractivity contribution is -0.118. The Morgan fingerprint density at radius 3 is 2.06 bits per heavy atom. The molecule has 0 unspecified atom stereocenters. The first kappa shape index (κ1) is 21.2. The number of para-hydroxylation sites is 1. The summed E-state index contributed by atoms with van der Waals surface area (Å²) in [6, 6.07) is 22.1. The predicted molar refractivity (Wildman–Crippen MR) is 117 cm³/mol. The third-order valence-corrected chi connectivity index (χ3v) is 4.11. The Morgan fingerprint density at radius 1 is 0.839 bits per heavy atom. The molecule has 0 saturated heterocycles. The van der Waals surface area contributed by atoms with E-state index < -0.39 is 0 Å². The summed E-state index contributed by atoms with van der Waals surface area (Å²) in [7, 11) is 1.46. The maximum absolute atomic E-state index is 12.2. The molecule has 3 rings (SSSR count). The van der Waals surface area contributed by atoms with E-state index in [-0.39, 0.29) is 18.5 Å². The number of nitriles is 1. The van der Waals surface area contributed by atoms with E-state index in [4.69, 9.17) is 14.7 Å². The molecule has 0 saturated carbocycles. The van der Waals surface area contributed by atoms with Crippen molar-refractivity contribution in [1.29, 1.82) is 5.26 Å². The van der Waals surface area contributed by atoms with Gasteiger partial charge in [0.25, 0.3) is 5.91 Å². The molecule has 0 aliphatic rings. The van der Waals surface area contributed by atoms with Gasteiger partial charge in [-0.05, 0) is 48.5 Å². The zero-order valence-corrected chi connectivity index (χ0v) is 16.7. The highest BCUT2D eigenvalue weighted by atomic mass is 16.5. The van der Waals surface area contributed by atoms with E-state index in [9.17, 15) is 9.59 Å². The Hall–Kier alpha value is -4.51. The number of amides is 3. The van der Waals surface area contributed by atoms with E-state index in [0.29, 0.717) is 34.1 Å².